The fourth-order valence-corrected chi connectivity index (χ4v) is 2.80. The zero-order chi connectivity index (χ0) is 13.3. The van der Waals surface area contributed by atoms with Crippen molar-refractivity contribution in [2.45, 2.75) is 50.2 Å². The zero-order valence-corrected chi connectivity index (χ0v) is 12.5. The Balaban J connectivity index is 1.59. The van der Waals surface area contributed by atoms with Gasteiger partial charge in [-0.3, -0.25) is 0 Å². The largest absolute Gasteiger partial charge is 0.487 e. The topological polar surface area (TPSA) is 21.3 Å². The summed E-state index contributed by atoms with van der Waals surface area (Å²) in [5.41, 5.74) is -0.0673. The van der Waals surface area contributed by atoms with Crippen molar-refractivity contribution in [2.24, 2.45) is 0 Å². The van der Waals surface area contributed by atoms with Crippen molar-refractivity contribution in [3.05, 3.63) is 28.5 Å². The van der Waals surface area contributed by atoms with E-state index in [1.165, 1.54) is 25.3 Å². The Morgan fingerprint density at radius 1 is 1.37 bits per heavy atom. The van der Waals surface area contributed by atoms with Gasteiger partial charge in [-0.1, -0.05) is 0 Å². The van der Waals surface area contributed by atoms with Gasteiger partial charge in [-0.15, -0.1) is 0 Å². The van der Waals surface area contributed by atoms with Crippen molar-refractivity contribution >= 4 is 15.9 Å². The van der Waals surface area contributed by atoms with Gasteiger partial charge in [-0.2, -0.15) is 0 Å². The van der Waals surface area contributed by atoms with E-state index in [1.54, 1.807) is 6.07 Å². The molecule has 1 aromatic carbocycles. The summed E-state index contributed by atoms with van der Waals surface area (Å²) in [4.78, 5) is 0. The Kier molecular flexibility index (Phi) is 3.81. The van der Waals surface area contributed by atoms with Gasteiger partial charge in [-0.05, 0) is 73.1 Å². The molecule has 0 heterocycles. The van der Waals surface area contributed by atoms with Crippen LogP contribution in [0.4, 0.5) is 4.39 Å². The fourth-order valence-electron chi connectivity index (χ4n) is 2.56. The number of hydrogen-bond donors (Lipinski definition) is 1. The summed E-state index contributed by atoms with van der Waals surface area (Å²) in [5.74, 6) is 0.384. The summed E-state index contributed by atoms with van der Waals surface area (Å²) in [6.45, 7) is 1.00. The van der Waals surface area contributed by atoms with Crippen LogP contribution < -0.4 is 10.1 Å². The molecule has 0 saturated heterocycles. The molecule has 2 fully saturated rings. The Hall–Kier alpha value is -0.610. The first-order valence-corrected chi connectivity index (χ1v) is 7.84. The molecule has 0 bridgehead atoms. The predicted octanol–water partition coefficient (Wildman–Crippen LogP) is 4.03. The highest BCUT2D eigenvalue weighted by Gasteiger charge is 2.39. The summed E-state index contributed by atoms with van der Waals surface area (Å²) in [5, 5.41) is 3.53. The first-order chi connectivity index (χ1) is 9.17. The summed E-state index contributed by atoms with van der Waals surface area (Å²) in [6, 6.07) is 5.75. The number of halogens is 2. The van der Waals surface area contributed by atoms with Gasteiger partial charge in [0.15, 0.2) is 0 Å². The number of hydrogen-bond acceptors (Lipinski definition) is 2. The second-order valence-electron chi connectivity index (χ2n) is 5.69. The van der Waals surface area contributed by atoms with Crippen LogP contribution in [0.5, 0.6) is 5.75 Å². The molecule has 1 N–H and O–H groups in total. The lowest BCUT2D eigenvalue weighted by atomic mass is 9.77. The Bertz CT molecular complexity index is 457. The van der Waals surface area contributed by atoms with E-state index in [0.29, 0.717) is 10.2 Å². The smallest absolute Gasteiger partial charge is 0.141 e. The third kappa shape index (κ3) is 3.29. The van der Waals surface area contributed by atoms with Crippen LogP contribution in [0.25, 0.3) is 0 Å². The van der Waals surface area contributed by atoms with Crippen molar-refractivity contribution < 1.29 is 9.13 Å². The average Bonchev–Trinajstić information content (AvgIpc) is 3.14. The molecule has 2 saturated carbocycles. The Morgan fingerprint density at radius 2 is 2.16 bits per heavy atom. The van der Waals surface area contributed by atoms with Crippen molar-refractivity contribution in [3.8, 4) is 5.75 Å². The van der Waals surface area contributed by atoms with E-state index in [-0.39, 0.29) is 11.4 Å². The van der Waals surface area contributed by atoms with E-state index in [1.807, 2.05) is 6.07 Å². The monoisotopic (exact) mass is 327 g/mol. The molecule has 2 aliphatic carbocycles. The molecule has 0 spiro atoms. The van der Waals surface area contributed by atoms with E-state index in [9.17, 15) is 4.39 Å². The molecule has 4 heteroatoms. The van der Waals surface area contributed by atoms with Crippen molar-refractivity contribution in [2.75, 3.05) is 6.54 Å². The van der Waals surface area contributed by atoms with E-state index in [2.05, 4.69) is 21.2 Å². The summed E-state index contributed by atoms with van der Waals surface area (Å²) >= 11 is 3.16. The first kappa shape index (κ1) is 13.4. The van der Waals surface area contributed by atoms with Crippen molar-refractivity contribution in [3.63, 3.8) is 0 Å². The fraction of sp³-hybridized carbons (Fsp3) is 0.600. The normalized spacial score (nSPS) is 20.9. The maximum Gasteiger partial charge on any atom is 0.141 e. The van der Waals surface area contributed by atoms with Crippen LogP contribution >= 0.6 is 15.9 Å². The summed E-state index contributed by atoms with van der Waals surface area (Å²) in [7, 11) is 0. The van der Waals surface area contributed by atoms with Crippen LogP contribution in [0.2, 0.25) is 0 Å². The van der Waals surface area contributed by atoms with Crippen LogP contribution in [0, 0.1) is 5.82 Å². The number of benzene rings is 1. The second kappa shape index (κ2) is 5.41. The van der Waals surface area contributed by atoms with Gasteiger partial charge in [0.25, 0.3) is 0 Å². The molecule has 2 aliphatic rings. The molecule has 2 nitrogen and oxygen atoms in total. The lowest BCUT2D eigenvalue weighted by Crippen LogP contribution is -2.45. The third-order valence-electron chi connectivity index (χ3n) is 4.08. The van der Waals surface area contributed by atoms with Crippen LogP contribution in [0.1, 0.15) is 38.5 Å². The molecule has 3 rings (SSSR count). The number of ether oxygens (including phenoxy) is 1. The number of rotatable bonds is 6. The Morgan fingerprint density at radius 3 is 2.74 bits per heavy atom. The zero-order valence-electron chi connectivity index (χ0n) is 10.9. The maximum atomic E-state index is 13.5. The number of nitrogens with one attached hydrogen (secondary N) is 1. The standard InChI is InChI=1S/C15H19BrFNO/c16-13-5-4-12(10-14(13)17)19-15(6-1-7-15)8-9-18-11-2-3-11/h4-5,10-11,18H,1-3,6-9H2. The van der Waals surface area contributed by atoms with Crippen LogP contribution in [0.3, 0.4) is 0 Å². The molecular weight excluding hydrogens is 309 g/mol. The molecule has 0 aromatic heterocycles. The van der Waals surface area contributed by atoms with Gasteiger partial charge in [0.05, 0.1) is 4.47 Å². The van der Waals surface area contributed by atoms with Gasteiger partial charge in [0, 0.05) is 12.1 Å². The molecule has 19 heavy (non-hydrogen) atoms. The summed E-state index contributed by atoms with van der Waals surface area (Å²) in [6.07, 6.45) is 7.01. The molecule has 0 atom stereocenters. The highest BCUT2D eigenvalue weighted by molar-refractivity contribution is 9.10. The molecule has 0 aliphatic heterocycles. The predicted molar refractivity (Wildman–Crippen MR) is 77.0 cm³/mol. The van der Waals surface area contributed by atoms with Gasteiger partial charge in [-0.25, -0.2) is 4.39 Å². The van der Waals surface area contributed by atoms with Gasteiger partial charge in [0.1, 0.15) is 17.2 Å². The van der Waals surface area contributed by atoms with Crippen LogP contribution in [-0.4, -0.2) is 18.2 Å². The highest BCUT2D eigenvalue weighted by Crippen LogP contribution is 2.39. The quantitative estimate of drug-likeness (QED) is 0.851. The lowest BCUT2D eigenvalue weighted by molar-refractivity contribution is -0.0145. The third-order valence-corrected chi connectivity index (χ3v) is 4.72. The van der Waals surface area contributed by atoms with E-state index >= 15 is 0 Å². The van der Waals surface area contributed by atoms with E-state index < -0.39 is 0 Å². The molecule has 0 unspecified atom stereocenters. The van der Waals surface area contributed by atoms with Gasteiger partial charge < -0.3 is 10.1 Å². The van der Waals surface area contributed by atoms with Gasteiger partial charge >= 0.3 is 0 Å². The molecule has 0 amide bonds. The minimum Gasteiger partial charge on any atom is -0.487 e. The second-order valence-corrected chi connectivity index (χ2v) is 6.55. The minimum atomic E-state index is -0.261. The lowest BCUT2D eigenvalue weighted by Gasteiger charge is -2.42. The van der Waals surface area contributed by atoms with E-state index in [4.69, 9.17) is 4.74 Å². The Labute approximate surface area is 121 Å². The average molecular weight is 328 g/mol. The molecule has 1 aromatic rings. The molecule has 0 radical (unpaired) electrons. The van der Waals surface area contributed by atoms with Gasteiger partial charge in [0.2, 0.25) is 0 Å². The van der Waals surface area contributed by atoms with Crippen LogP contribution in [0.15, 0.2) is 22.7 Å². The summed E-state index contributed by atoms with van der Waals surface area (Å²) < 4.78 is 20.1. The minimum absolute atomic E-state index is 0.0673. The molecular formula is C15H19BrFNO. The van der Waals surface area contributed by atoms with E-state index in [0.717, 1.165) is 31.8 Å². The highest BCUT2D eigenvalue weighted by atomic mass is 79.9. The SMILES string of the molecule is Fc1cc(OC2(CCNC3CC3)CCC2)ccc1Br. The first-order valence-electron chi connectivity index (χ1n) is 7.04. The molecule has 104 valence electrons. The maximum absolute atomic E-state index is 13.5. The van der Waals surface area contributed by atoms with Crippen molar-refractivity contribution in [1.29, 1.82) is 0 Å². The van der Waals surface area contributed by atoms with Crippen molar-refractivity contribution in [1.82, 2.24) is 5.32 Å². The van der Waals surface area contributed by atoms with Crippen LogP contribution in [-0.2, 0) is 0 Å².